The molecule has 0 amide bonds. The number of hydrogen-bond acceptors (Lipinski definition) is 3. The Morgan fingerprint density at radius 1 is 1.44 bits per heavy atom. The van der Waals surface area contributed by atoms with Crippen LogP contribution in [0.15, 0.2) is 34.3 Å². The third kappa shape index (κ3) is 4.72. The summed E-state index contributed by atoms with van der Waals surface area (Å²) in [5, 5.41) is 8.95. The molecule has 0 radical (unpaired) electrons. The third-order valence-electron chi connectivity index (χ3n) is 2.07. The van der Waals surface area contributed by atoms with Crippen LogP contribution in [0.5, 0.6) is 0 Å². The minimum atomic E-state index is -0.575. The average molecular weight is 308 g/mol. The monoisotopic (exact) mass is 307 g/mol. The highest BCUT2D eigenvalue weighted by molar-refractivity contribution is 9.10. The lowest BCUT2D eigenvalue weighted by atomic mass is 10.1. The summed E-state index contributed by atoms with van der Waals surface area (Å²) in [4.78, 5) is 11.6. The van der Waals surface area contributed by atoms with Gasteiger partial charge in [-0.15, -0.1) is 0 Å². The normalized spacial score (nSPS) is 11.2. The van der Waals surface area contributed by atoms with Crippen molar-refractivity contribution in [2.75, 3.05) is 6.61 Å². The zero-order valence-electron chi connectivity index (χ0n) is 10.3. The molecule has 0 bridgehead atoms. The summed E-state index contributed by atoms with van der Waals surface area (Å²) in [7, 11) is 0. The van der Waals surface area contributed by atoms with E-state index in [1.54, 1.807) is 0 Å². The van der Waals surface area contributed by atoms with Gasteiger partial charge in [-0.05, 0) is 29.7 Å². The molecule has 3 nitrogen and oxygen atoms in total. The Bertz CT molecular complexity index is 484. The van der Waals surface area contributed by atoms with Gasteiger partial charge >= 0.3 is 5.97 Å². The van der Waals surface area contributed by atoms with Crippen LogP contribution < -0.4 is 0 Å². The molecule has 0 aliphatic heterocycles. The molecule has 0 atom stereocenters. The molecule has 0 spiro atoms. The highest BCUT2D eigenvalue weighted by Crippen LogP contribution is 2.13. The Kier molecular flexibility index (Phi) is 5.60. The number of carbonyl (C=O) groups excluding carboxylic acids is 1. The van der Waals surface area contributed by atoms with Crippen LogP contribution in [-0.2, 0) is 9.53 Å². The van der Waals surface area contributed by atoms with Gasteiger partial charge in [0, 0.05) is 4.47 Å². The maximum absolute atomic E-state index is 11.6. The summed E-state index contributed by atoms with van der Waals surface area (Å²) < 4.78 is 5.96. The second-order valence-electron chi connectivity index (χ2n) is 4.21. The fourth-order valence-corrected chi connectivity index (χ4v) is 1.45. The molecule has 1 aromatic rings. The highest BCUT2D eigenvalue weighted by atomic mass is 79.9. The molecule has 0 aliphatic rings. The maximum Gasteiger partial charge on any atom is 0.348 e. The number of nitriles is 1. The zero-order chi connectivity index (χ0) is 13.5. The van der Waals surface area contributed by atoms with Crippen LogP contribution in [0.25, 0.3) is 6.08 Å². The average Bonchev–Trinajstić information content (AvgIpc) is 2.35. The lowest BCUT2D eigenvalue weighted by Gasteiger charge is -2.06. The van der Waals surface area contributed by atoms with Gasteiger partial charge in [-0.25, -0.2) is 4.79 Å². The van der Waals surface area contributed by atoms with E-state index in [1.807, 2.05) is 44.2 Å². The predicted octanol–water partition coefficient (Wildman–Crippen LogP) is 3.56. The van der Waals surface area contributed by atoms with E-state index in [9.17, 15) is 4.79 Å². The van der Waals surface area contributed by atoms with E-state index in [0.29, 0.717) is 6.61 Å². The standard InChI is InChI=1S/C14H14BrNO2/c1-10(2)9-18-14(17)12(8-16)7-11-3-5-13(15)6-4-11/h3-7,10H,9H2,1-2H3/b12-7+. The van der Waals surface area contributed by atoms with Crippen LogP contribution in [0.3, 0.4) is 0 Å². The third-order valence-corrected chi connectivity index (χ3v) is 2.60. The Labute approximate surface area is 115 Å². The Hall–Kier alpha value is -1.60. The van der Waals surface area contributed by atoms with E-state index in [4.69, 9.17) is 10.00 Å². The van der Waals surface area contributed by atoms with Crippen molar-refractivity contribution in [3.63, 3.8) is 0 Å². The van der Waals surface area contributed by atoms with Gasteiger partial charge in [0.15, 0.2) is 0 Å². The summed E-state index contributed by atoms with van der Waals surface area (Å²) in [6.45, 7) is 4.20. The van der Waals surface area contributed by atoms with Crippen molar-refractivity contribution in [1.82, 2.24) is 0 Å². The second-order valence-corrected chi connectivity index (χ2v) is 5.13. The van der Waals surface area contributed by atoms with Gasteiger partial charge < -0.3 is 4.74 Å². The zero-order valence-corrected chi connectivity index (χ0v) is 11.9. The second kappa shape index (κ2) is 6.97. The van der Waals surface area contributed by atoms with Crippen molar-refractivity contribution >= 4 is 28.0 Å². The van der Waals surface area contributed by atoms with Gasteiger partial charge in [-0.3, -0.25) is 0 Å². The largest absolute Gasteiger partial charge is 0.461 e. The minimum absolute atomic E-state index is 0.0120. The van der Waals surface area contributed by atoms with E-state index in [-0.39, 0.29) is 11.5 Å². The van der Waals surface area contributed by atoms with Crippen LogP contribution in [0, 0.1) is 17.2 Å². The van der Waals surface area contributed by atoms with Crippen molar-refractivity contribution < 1.29 is 9.53 Å². The van der Waals surface area contributed by atoms with Gasteiger partial charge in [0.05, 0.1) is 6.61 Å². The lowest BCUT2D eigenvalue weighted by Crippen LogP contribution is -2.11. The molecule has 0 aromatic heterocycles. The summed E-state index contributed by atoms with van der Waals surface area (Å²) >= 11 is 3.32. The molecule has 0 saturated carbocycles. The fraction of sp³-hybridized carbons (Fsp3) is 0.286. The lowest BCUT2D eigenvalue weighted by molar-refractivity contribution is -0.139. The molecule has 0 aliphatic carbocycles. The Morgan fingerprint density at radius 2 is 2.06 bits per heavy atom. The number of benzene rings is 1. The van der Waals surface area contributed by atoms with E-state index in [0.717, 1.165) is 10.0 Å². The van der Waals surface area contributed by atoms with Crippen molar-refractivity contribution in [3.05, 3.63) is 39.9 Å². The number of carbonyl (C=O) groups is 1. The summed E-state index contributed by atoms with van der Waals surface area (Å²) in [6, 6.07) is 9.19. The number of ether oxygens (including phenoxy) is 1. The van der Waals surface area contributed by atoms with Crippen molar-refractivity contribution in [1.29, 1.82) is 5.26 Å². The van der Waals surface area contributed by atoms with E-state index in [2.05, 4.69) is 15.9 Å². The van der Waals surface area contributed by atoms with Crippen LogP contribution in [0.1, 0.15) is 19.4 Å². The van der Waals surface area contributed by atoms with Crippen LogP contribution in [-0.4, -0.2) is 12.6 Å². The summed E-state index contributed by atoms with van der Waals surface area (Å²) in [5.74, 6) is -0.323. The molecule has 0 N–H and O–H groups in total. The Balaban J connectivity index is 2.80. The molecule has 0 unspecified atom stereocenters. The number of rotatable bonds is 4. The maximum atomic E-state index is 11.6. The fourth-order valence-electron chi connectivity index (χ4n) is 1.18. The molecule has 0 fully saturated rings. The quantitative estimate of drug-likeness (QED) is 0.485. The van der Waals surface area contributed by atoms with Crippen molar-refractivity contribution in [2.45, 2.75) is 13.8 Å². The van der Waals surface area contributed by atoms with Crippen molar-refractivity contribution in [2.24, 2.45) is 5.92 Å². The molecular formula is C14H14BrNO2. The Morgan fingerprint density at radius 3 is 2.56 bits per heavy atom. The van der Waals surface area contributed by atoms with Gasteiger partial charge in [0.1, 0.15) is 11.6 Å². The number of halogens is 1. The SMILES string of the molecule is CC(C)COC(=O)/C(C#N)=C/c1ccc(Br)cc1. The predicted molar refractivity (Wildman–Crippen MR) is 73.5 cm³/mol. The van der Waals surface area contributed by atoms with E-state index in [1.165, 1.54) is 6.08 Å². The van der Waals surface area contributed by atoms with E-state index < -0.39 is 5.97 Å². The summed E-state index contributed by atoms with van der Waals surface area (Å²) in [6.07, 6.45) is 1.52. The van der Waals surface area contributed by atoms with Crippen LogP contribution in [0.4, 0.5) is 0 Å². The van der Waals surface area contributed by atoms with Gasteiger partial charge in [0.2, 0.25) is 0 Å². The molecule has 0 heterocycles. The first-order chi connectivity index (χ1) is 8.52. The van der Waals surface area contributed by atoms with E-state index >= 15 is 0 Å². The highest BCUT2D eigenvalue weighted by Gasteiger charge is 2.11. The first-order valence-corrected chi connectivity index (χ1v) is 6.36. The van der Waals surface area contributed by atoms with Crippen molar-refractivity contribution in [3.8, 4) is 6.07 Å². The number of hydrogen-bond donors (Lipinski definition) is 0. The van der Waals surface area contributed by atoms with Crippen LogP contribution >= 0.6 is 15.9 Å². The topological polar surface area (TPSA) is 50.1 Å². The molecule has 1 aromatic carbocycles. The number of esters is 1. The first kappa shape index (κ1) is 14.5. The molecule has 4 heteroatoms. The molecule has 94 valence electrons. The minimum Gasteiger partial charge on any atom is -0.461 e. The molecular weight excluding hydrogens is 294 g/mol. The number of nitrogens with zero attached hydrogens (tertiary/aromatic N) is 1. The van der Waals surface area contributed by atoms with Gasteiger partial charge in [0.25, 0.3) is 0 Å². The molecule has 18 heavy (non-hydrogen) atoms. The van der Waals surface area contributed by atoms with Gasteiger partial charge in [-0.2, -0.15) is 5.26 Å². The first-order valence-electron chi connectivity index (χ1n) is 5.57. The smallest absolute Gasteiger partial charge is 0.348 e. The molecule has 0 saturated heterocycles. The van der Waals surface area contributed by atoms with Crippen LogP contribution in [0.2, 0.25) is 0 Å². The summed E-state index contributed by atoms with van der Waals surface area (Å²) in [5.41, 5.74) is 0.800. The molecule has 1 rings (SSSR count). The van der Waals surface area contributed by atoms with Gasteiger partial charge in [-0.1, -0.05) is 41.9 Å².